The number of aromatic amines is 1. The molecule has 2 N–H and O–H groups in total. The molecule has 88 valence electrons. The van der Waals surface area contributed by atoms with Gasteiger partial charge < -0.3 is 10.1 Å². The summed E-state index contributed by atoms with van der Waals surface area (Å²) in [5.41, 5.74) is 0.290. The first-order valence-corrected chi connectivity index (χ1v) is 5.56. The van der Waals surface area contributed by atoms with Crippen molar-refractivity contribution < 1.29 is 9.90 Å². The summed E-state index contributed by atoms with van der Waals surface area (Å²) < 4.78 is 0. The van der Waals surface area contributed by atoms with Crippen molar-refractivity contribution in [2.24, 2.45) is 0 Å². The average molecular weight is 292 g/mol. The minimum absolute atomic E-state index is 0.0430. The Kier molecular flexibility index (Phi) is 3.28. The van der Waals surface area contributed by atoms with Gasteiger partial charge in [-0.1, -0.05) is 34.8 Å². The summed E-state index contributed by atoms with van der Waals surface area (Å²) in [7, 11) is 0. The van der Waals surface area contributed by atoms with Crippen molar-refractivity contribution in [1.82, 2.24) is 9.97 Å². The van der Waals surface area contributed by atoms with E-state index in [0.717, 1.165) is 0 Å². The molecule has 0 saturated heterocycles. The SMILES string of the molecule is O=C(O)c1nc(-c2ccc(Cl)cc2Cl)[nH]c1Cl. The summed E-state index contributed by atoms with van der Waals surface area (Å²) in [4.78, 5) is 17.3. The predicted octanol–water partition coefficient (Wildman–Crippen LogP) is 3.74. The van der Waals surface area contributed by atoms with Crippen molar-refractivity contribution in [2.45, 2.75) is 0 Å². The number of carbonyl (C=O) groups is 1. The lowest BCUT2D eigenvalue weighted by Gasteiger charge is -2.00. The number of carboxylic acids is 1. The standard InChI is InChI=1S/C10H5Cl3N2O2/c11-4-1-2-5(6(12)3-4)9-14-7(10(16)17)8(13)15-9/h1-3H,(H,14,15)(H,16,17). The molecule has 2 aromatic rings. The molecule has 0 atom stereocenters. The largest absolute Gasteiger partial charge is 0.476 e. The van der Waals surface area contributed by atoms with E-state index in [1.807, 2.05) is 0 Å². The van der Waals surface area contributed by atoms with Crippen LogP contribution in [0.25, 0.3) is 11.4 Å². The fourth-order valence-corrected chi connectivity index (χ4v) is 2.01. The Hall–Kier alpha value is -1.23. The first-order chi connectivity index (χ1) is 7.99. The molecule has 0 bridgehead atoms. The van der Waals surface area contributed by atoms with Gasteiger partial charge in [0.15, 0.2) is 5.69 Å². The fraction of sp³-hybridized carbons (Fsp3) is 0. The first kappa shape index (κ1) is 12.2. The molecule has 0 radical (unpaired) electrons. The van der Waals surface area contributed by atoms with E-state index < -0.39 is 5.97 Å². The number of nitrogens with one attached hydrogen (secondary N) is 1. The molecule has 0 aliphatic carbocycles. The van der Waals surface area contributed by atoms with Crippen LogP contribution in [0.2, 0.25) is 15.2 Å². The number of aromatic nitrogens is 2. The number of H-pyrrole nitrogens is 1. The maximum absolute atomic E-state index is 10.8. The van der Waals surface area contributed by atoms with Crippen LogP contribution in [0.15, 0.2) is 18.2 Å². The van der Waals surface area contributed by atoms with Gasteiger partial charge in [-0.05, 0) is 18.2 Å². The fourth-order valence-electron chi connectivity index (χ4n) is 1.30. The van der Waals surface area contributed by atoms with E-state index in [0.29, 0.717) is 15.6 Å². The number of imidazole rings is 1. The number of carboxylic acid groups (broad SMARTS) is 1. The van der Waals surface area contributed by atoms with Gasteiger partial charge in [0, 0.05) is 10.6 Å². The van der Waals surface area contributed by atoms with Crippen LogP contribution < -0.4 is 0 Å². The van der Waals surface area contributed by atoms with Crippen molar-refractivity contribution in [3.63, 3.8) is 0 Å². The normalized spacial score (nSPS) is 10.5. The highest BCUT2D eigenvalue weighted by molar-refractivity contribution is 6.36. The van der Waals surface area contributed by atoms with E-state index in [2.05, 4.69) is 9.97 Å². The van der Waals surface area contributed by atoms with Gasteiger partial charge in [0.1, 0.15) is 11.0 Å². The molecule has 0 unspecified atom stereocenters. The van der Waals surface area contributed by atoms with E-state index in [4.69, 9.17) is 39.9 Å². The van der Waals surface area contributed by atoms with Crippen LogP contribution in [-0.2, 0) is 0 Å². The summed E-state index contributed by atoms with van der Waals surface area (Å²) >= 11 is 17.4. The number of nitrogens with zero attached hydrogens (tertiary/aromatic N) is 1. The summed E-state index contributed by atoms with van der Waals surface area (Å²) in [5, 5.41) is 9.62. The lowest BCUT2D eigenvalue weighted by Crippen LogP contribution is -1.96. The average Bonchev–Trinajstić information content (AvgIpc) is 2.60. The molecule has 0 spiro atoms. The minimum atomic E-state index is -1.21. The van der Waals surface area contributed by atoms with Crippen LogP contribution >= 0.6 is 34.8 Å². The third kappa shape index (κ3) is 2.39. The number of hydrogen-bond acceptors (Lipinski definition) is 2. The Bertz CT molecular complexity index is 595. The van der Waals surface area contributed by atoms with E-state index in [1.165, 1.54) is 6.07 Å². The quantitative estimate of drug-likeness (QED) is 0.886. The lowest BCUT2D eigenvalue weighted by atomic mass is 10.2. The summed E-state index contributed by atoms with van der Waals surface area (Å²) in [5.74, 6) is -0.920. The third-order valence-electron chi connectivity index (χ3n) is 2.05. The maximum Gasteiger partial charge on any atom is 0.357 e. The topological polar surface area (TPSA) is 66.0 Å². The summed E-state index contributed by atoms with van der Waals surface area (Å²) in [6, 6.07) is 4.79. The lowest BCUT2D eigenvalue weighted by molar-refractivity contribution is 0.0691. The zero-order valence-corrected chi connectivity index (χ0v) is 10.4. The van der Waals surface area contributed by atoms with E-state index in [-0.39, 0.29) is 16.7 Å². The number of rotatable bonds is 2. The minimum Gasteiger partial charge on any atom is -0.476 e. The summed E-state index contributed by atoms with van der Waals surface area (Å²) in [6.07, 6.45) is 0. The monoisotopic (exact) mass is 290 g/mol. The van der Waals surface area contributed by atoms with E-state index in [1.54, 1.807) is 12.1 Å². The molecule has 1 heterocycles. The molecular formula is C10H5Cl3N2O2. The van der Waals surface area contributed by atoms with E-state index >= 15 is 0 Å². The Balaban J connectivity index is 2.53. The highest BCUT2D eigenvalue weighted by atomic mass is 35.5. The third-order valence-corrected chi connectivity index (χ3v) is 2.87. The molecule has 0 aliphatic rings. The molecular weight excluding hydrogens is 286 g/mol. The van der Waals surface area contributed by atoms with Gasteiger partial charge in [0.2, 0.25) is 0 Å². The van der Waals surface area contributed by atoms with Crippen LogP contribution in [0.5, 0.6) is 0 Å². The Morgan fingerprint density at radius 1 is 1.29 bits per heavy atom. The van der Waals surface area contributed by atoms with Gasteiger partial charge in [-0.2, -0.15) is 0 Å². The number of halogens is 3. The van der Waals surface area contributed by atoms with Crippen molar-refractivity contribution in [1.29, 1.82) is 0 Å². The highest BCUT2D eigenvalue weighted by Crippen LogP contribution is 2.30. The van der Waals surface area contributed by atoms with Gasteiger partial charge in [-0.25, -0.2) is 9.78 Å². The van der Waals surface area contributed by atoms with Crippen LogP contribution in [0.4, 0.5) is 0 Å². The Labute approximate surface area is 111 Å². The molecule has 1 aromatic heterocycles. The number of aromatic carboxylic acids is 1. The molecule has 0 fully saturated rings. The van der Waals surface area contributed by atoms with Gasteiger partial charge in [-0.15, -0.1) is 0 Å². The molecule has 0 amide bonds. The van der Waals surface area contributed by atoms with Crippen LogP contribution in [0, 0.1) is 0 Å². The van der Waals surface area contributed by atoms with Crippen LogP contribution in [0.3, 0.4) is 0 Å². The number of hydrogen-bond donors (Lipinski definition) is 2. The second kappa shape index (κ2) is 4.56. The molecule has 7 heteroatoms. The summed E-state index contributed by atoms with van der Waals surface area (Å²) in [6.45, 7) is 0. The zero-order chi connectivity index (χ0) is 12.6. The van der Waals surface area contributed by atoms with Crippen LogP contribution in [0.1, 0.15) is 10.5 Å². The van der Waals surface area contributed by atoms with Gasteiger partial charge in [0.05, 0.1) is 5.02 Å². The Morgan fingerprint density at radius 3 is 2.53 bits per heavy atom. The van der Waals surface area contributed by atoms with Gasteiger partial charge in [-0.3, -0.25) is 0 Å². The maximum atomic E-state index is 10.8. The smallest absolute Gasteiger partial charge is 0.357 e. The van der Waals surface area contributed by atoms with Crippen molar-refractivity contribution >= 4 is 40.8 Å². The molecule has 0 saturated carbocycles. The van der Waals surface area contributed by atoms with Crippen molar-refractivity contribution in [3.8, 4) is 11.4 Å². The van der Waals surface area contributed by atoms with Gasteiger partial charge >= 0.3 is 5.97 Å². The van der Waals surface area contributed by atoms with Crippen LogP contribution in [-0.4, -0.2) is 21.0 Å². The van der Waals surface area contributed by atoms with E-state index in [9.17, 15) is 4.79 Å². The van der Waals surface area contributed by atoms with Crippen molar-refractivity contribution in [3.05, 3.63) is 39.1 Å². The molecule has 4 nitrogen and oxygen atoms in total. The Morgan fingerprint density at radius 2 is 2.00 bits per heavy atom. The second-order valence-corrected chi connectivity index (χ2v) is 4.40. The highest BCUT2D eigenvalue weighted by Gasteiger charge is 2.17. The molecule has 17 heavy (non-hydrogen) atoms. The predicted molar refractivity (Wildman–Crippen MR) is 66.0 cm³/mol. The molecule has 1 aromatic carbocycles. The number of benzene rings is 1. The second-order valence-electron chi connectivity index (χ2n) is 3.18. The van der Waals surface area contributed by atoms with Gasteiger partial charge in [0.25, 0.3) is 0 Å². The zero-order valence-electron chi connectivity index (χ0n) is 8.17. The van der Waals surface area contributed by atoms with Crippen molar-refractivity contribution in [2.75, 3.05) is 0 Å². The molecule has 0 aliphatic heterocycles. The molecule has 2 rings (SSSR count). The first-order valence-electron chi connectivity index (χ1n) is 4.43.